The van der Waals surface area contributed by atoms with Gasteiger partial charge in [0, 0.05) is 5.54 Å². The van der Waals surface area contributed by atoms with Crippen molar-refractivity contribution in [1.29, 1.82) is 0 Å². The van der Waals surface area contributed by atoms with Crippen LogP contribution in [0, 0.1) is 0 Å². The summed E-state index contributed by atoms with van der Waals surface area (Å²) in [5.74, 6) is 0. The summed E-state index contributed by atoms with van der Waals surface area (Å²) < 4.78 is 5.07. The molecule has 0 rings (SSSR count). The van der Waals surface area contributed by atoms with Gasteiger partial charge in [0.1, 0.15) is 6.23 Å². The van der Waals surface area contributed by atoms with E-state index in [9.17, 15) is 0 Å². The van der Waals surface area contributed by atoms with Gasteiger partial charge in [0.05, 0.1) is 0 Å². The first-order valence-corrected chi connectivity index (χ1v) is 3.92. The molecule has 0 aromatic rings. The predicted molar refractivity (Wildman–Crippen MR) is 50.1 cm³/mol. The SMILES string of the molecule is CC(O)OC(C)NC(C)(C)C.N. The van der Waals surface area contributed by atoms with E-state index in [1.165, 1.54) is 0 Å². The first kappa shape index (κ1) is 14.4. The Morgan fingerprint density at radius 2 is 1.67 bits per heavy atom. The summed E-state index contributed by atoms with van der Waals surface area (Å²) >= 11 is 0. The van der Waals surface area contributed by atoms with E-state index in [1.54, 1.807) is 6.92 Å². The zero-order chi connectivity index (χ0) is 9.07. The van der Waals surface area contributed by atoms with Gasteiger partial charge in [-0.3, -0.25) is 5.32 Å². The molecule has 0 bridgehead atoms. The fraction of sp³-hybridized carbons (Fsp3) is 1.00. The van der Waals surface area contributed by atoms with E-state index < -0.39 is 6.29 Å². The van der Waals surface area contributed by atoms with Crippen LogP contribution in [0.3, 0.4) is 0 Å². The molecule has 0 amide bonds. The Balaban J connectivity index is 0. The van der Waals surface area contributed by atoms with Crippen LogP contribution >= 0.6 is 0 Å². The molecule has 2 unspecified atom stereocenters. The lowest BCUT2D eigenvalue weighted by Gasteiger charge is -2.26. The molecule has 5 N–H and O–H groups in total. The Bertz CT molecular complexity index is 110. The molecule has 12 heavy (non-hydrogen) atoms. The Hall–Kier alpha value is -0.160. The van der Waals surface area contributed by atoms with Crippen molar-refractivity contribution in [3.05, 3.63) is 0 Å². The van der Waals surface area contributed by atoms with E-state index in [4.69, 9.17) is 9.84 Å². The van der Waals surface area contributed by atoms with Crippen LogP contribution < -0.4 is 11.5 Å². The minimum atomic E-state index is -0.708. The second kappa shape index (κ2) is 5.48. The van der Waals surface area contributed by atoms with Crippen molar-refractivity contribution >= 4 is 0 Å². The molecule has 0 saturated carbocycles. The molecule has 2 atom stereocenters. The highest BCUT2D eigenvalue weighted by Gasteiger charge is 2.14. The number of hydrogen-bond acceptors (Lipinski definition) is 4. The van der Waals surface area contributed by atoms with E-state index in [1.807, 2.05) is 6.92 Å². The van der Waals surface area contributed by atoms with E-state index in [2.05, 4.69) is 26.1 Å². The van der Waals surface area contributed by atoms with Crippen LogP contribution in [0.1, 0.15) is 34.6 Å². The highest BCUT2D eigenvalue weighted by atomic mass is 16.6. The highest BCUT2D eigenvalue weighted by molar-refractivity contribution is 4.70. The predicted octanol–water partition coefficient (Wildman–Crippen LogP) is 1.24. The smallest absolute Gasteiger partial charge is 0.153 e. The number of aliphatic hydroxyl groups is 1. The highest BCUT2D eigenvalue weighted by Crippen LogP contribution is 2.02. The molecule has 0 aromatic carbocycles. The fourth-order valence-electron chi connectivity index (χ4n) is 0.939. The molecule has 76 valence electrons. The van der Waals surface area contributed by atoms with Crippen LogP contribution in [0.25, 0.3) is 0 Å². The van der Waals surface area contributed by atoms with Gasteiger partial charge in [0.15, 0.2) is 6.29 Å². The molecule has 0 fully saturated rings. The van der Waals surface area contributed by atoms with Gasteiger partial charge in [-0.2, -0.15) is 0 Å². The first-order chi connectivity index (χ1) is 4.81. The van der Waals surface area contributed by atoms with Crippen molar-refractivity contribution in [2.75, 3.05) is 0 Å². The Morgan fingerprint density at radius 3 is 1.92 bits per heavy atom. The monoisotopic (exact) mass is 178 g/mol. The fourth-order valence-corrected chi connectivity index (χ4v) is 0.939. The molecule has 0 aromatic heterocycles. The summed E-state index contributed by atoms with van der Waals surface area (Å²) in [6, 6.07) is 0. The van der Waals surface area contributed by atoms with Crippen molar-refractivity contribution < 1.29 is 9.84 Å². The van der Waals surface area contributed by atoms with Gasteiger partial charge in [0.2, 0.25) is 0 Å². The molecule has 0 aliphatic carbocycles. The zero-order valence-corrected chi connectivity index (χ0v) is 8.72. The standard InChI is InChI=1S/C8H19NO2.H3N/c1-6(11-7(2)10)9-8(3,4)5;/h6-7,9-10H,1-5H3;1H3. The van der Waals surface area contributed by atoms with E-state index in [0.717, 1.165) is 0 Å². The largest absolute Gasteiger partial charge is 0.368 e. The summed E-state index contributed by atoms with van der Waals surface area (Å²) in [6.45, 7) is 9.62. The lowest BCUT2D eigenvalue weighted by atomic mass is 10.1. The number of aliphatic hydroxyl groups excluding tert-OH is 1. The van der Waals surface area contributed by atoms with Gasteiger partial charge in [-0.25, -0.2) is 0 Å². The lowest BCUT2D eigenvalue weighted by molar-refractivity contribution is -0.132. The molecule has 0 radical (unpaired) electrons. The summed E-state index contributed by atoms with van der Waals surface area (Å²) in [6.07, 6.45) is -0.824. The van der Waals surface area contributed by atoms with Crippen LogP contribution in [-0.2, 0) is 4.74 Å². The first-order valence-electron chi connectivity index (χ1n) is 3.92. The molecule has 0 heterocycles. The van der Waals surface area contributed by atoms with Crippen molar-refractivity contribution in [3.8, 4) is 0 Å². The molecular formula is C8H22N2O2. The maximum absolute atomic E-state index is 8.86. The van der Waals surface area contributed by atoms with Gasteiger partial charge < -0.3 is 16.0 Å². The maximum Gasteiger partial charge on any atom is 0.153 e. The molecule has 0 aliphatic rings. The number of rotatable bonds is 3. The Labute approximate surface area is 74.9 Å². The van der Waals surface area contributed by atoms with Crippen LogP contribution in [-0.4, -0.2) is 23.2 Å². The zero-order valence-electron chi connectivity index (χ0n) is 8.72. The van der Waals surface area contributed by atoms with Crippen molar-refractivity contribution in [1.82, 2.24) is 11.5 Å². The van der Waals surface area contributed by atoms with Gasteiger partial charge in [-0.1, -0.05) is 0 Å². The van der Waals surface area contributed by atoms with Crippen LogP contribution in [0.5, 0.6) is 0 Å². The summed E-state index contributed by atoms with van der Waals surface area (Å²) in [4.78, 5) is 0. The third-order valence-electron chi connectivity index (χ3n) is 1.04. The van der Waals surface area contributed by atoms with Crippen molar-refractivity contribution in [2.45, 2.75) is 52.7 Å². The minimum Gasteiger partial charge on any atom is -0.368 e. The average molecular weight is 178 g/mol. The second-order valence-electron chi connectivity index (χ2n) is 3.77. The topological polar surface area (TPSA) is 76.5 Å². The lowest BCUT2D eigenvalue weighted by Crippen LogP contribution is -2.44. The van der Waals surface area contributed by atoms with Gasteiger partial charge in [-0.05, 0) is 34.6 Å². The number of nitrogens with one attached hydrogen (secondary N) is 1. The van der Waals surface area contributed by atoms with Crippen LogP contribution in [0.2, 0.25) is 0 Å². The number of hydrogen-bond donors (Lipinski definition) is 3. The third-order valence-corrected chi connectivity index (χ3v) is 1.04. The average Bonchev–Trinajstić information content (AvgIpc) is 1.53. The van der Waals surface area contributed by atoms with E-state index >= 15 is 0 Å². The van der Waals surface area contributed by atoms with Crippen LogP contribution in [0.4, 0.5) is 0 Å². The molecule has 4 heteroatoms. The maximum atomic E-state index is 8.86. The molecule has 0 spiro atoms. The summed E-state index contributed by atoms with van der Waals surface area (Å²) in [7, 11) is 0. The number of ether oxygens (including phenoxy) is 1. The minimum absolute atomic E-state index is 0. The third kappa shape index (κ3) is 9.84. The molecule has 4 nitrogen and oxygen atoms in total. The molecular weight excluding hydrogens is 156 g/mol. The van der Waals surface area contributed by atoms with Crippen molar-refractivity contribution in [2.24, 2.45) is 0 Å². The van der Waals surface area contributed by atoms with Crippen LogP contribution in [0.15, 0.2) is 0 Å². The second-order valence-corrected chi connectivity index (χ2v) is 3.77. The van der Waals surface area contributed by atoms with Crippen molar-refractivity contribution in [3.63, 3.8) is 0 Å². The summed E-state index contributed by atoms with van der Waals surface area (Å²) in [5.41, 5.74) is 0.0221. The van der Waals surface area contributed by atoms with Gasteiger partial charge >= 0.3 is 0 Å². The Kier molecular flexibility index (Phi) is 6.56. The van der Waals surface area contributed by atoms with E-state index in [0.29, 0.717) is 0 Å². The van der Waals surface area contributed by atoms with Gasteiger partial charge in [0.25, 0.3) is 0 Å². The quantitative estimate of drug-likeness (QED) is 0.568. The molecule has 0 aliphatic heterocycles. The van der Waals surface area contributed by atoms with Gasteiger partial charge in [-0.15, -0.1) is 0 Å². The summed E-state index contributed by atoms with van der Waals surface area (Å²) in [5, 5.41) is 12.0. The Morgan fingerprint density at radius 1 is 1.25 bits per heavy atom. The normalized spacial score (nSPS) is 16.5. The molecule has 0 saturated heterocycles. The van der Waals surface area contributed by atoms with E-state index in [-0.39, 0.29) is 17.9 Å².